The molecule has 3 aliphatic heterocycles. The van der Waals surface area contributed by atoms with E-state index in [2.05, 4.69) is 37.2 Å². The average Bonchev–Trinajstić information content (AvgIpc) is 4.24. The summed E-state index contributed by atoms with van der Waals surface area (Å²) in [5.74, 6) is -9.06. The highest BCUT2D eigenvalue weighted by Crippen LogP contribution is 2.27. The molecule has 2 aromatic carbocycles. The fourth-order valence-electron chi connectivity index (χ4n) is 11.4. The SMILES string of the molecule is CC(C)C[C@@H]1NC(=O)[C@H](CCCCN)NC(=O)[C@@H](C(C)C)C(=O)[C@@H]2CCCN2C(=O)[C@@H](Cc2ccccc2)NC(=O)[C@H](CC(C)C)NC(=O)[C@H](CCCCN)NC(=O)[C@H](C(C)C)NC(=O)[C@@H]2CCCN2C(=O)[C@@H](Cc2ccccc2)NC1=O. The molecule has 21 heteroatoms. The molecular weight excluding hydrogens is 1060 g/mol. The minimum Gasteiger partial charge on any atom is -0.344 e. The summed E-state index contributed by atoms with van der Waals surface area (Å²) in [4.78, 5) is 150. The minimum absolute atomic E-state index is 0.0230. The van der Waals surface area contributed by atoms with Crippen LogP contribution in [0.3, 0.4) is 0 Å². The van der Waals surface area contributed by atoms with Gasteiger partial charge in [0.05, 0.1) is 6.04 Å². The molecule has 10 atom stereocenters. The van der Waals surface area contributed by atoms with Crippen LogP contribution in [0.25, 0.3) is 0 Å². The molecule has 11 N–H and O–H groups in total. The highest BCUT2D eigenvalue weighted by atomic mass is 16.2. The molecule has 2 aromatic rings. The monoisotopic (exact) mass is 1150 g/mol. The highest BCUT2D eigenvalue weighted by molar-refractivity contribution is 6.07. The third-order valence-electron chi connectivity index (χ3n) is 15.8. The first kappa shape index (κ1) is 67.1. The molecular formula is C62H95N11O10. The number of hydrogen-bond acceptors (Lipinski definition) is 12. The summed E-state index contributed by atoms with van der Waals surface area (Å²) in [6, 6.07) is 7.54. The van der Waals surface area contributed by atoms with Crippen LogP contribution in [-0.4, -0.2) is 149 Å². The van der Waals surface area contributed by atoms with Gasteiger partial charge in [-0.15, -0.1) is 0 Å². The first-order valence-corrected chi connectivity index (χ1v) is 30.3. The van der Waals surface area contributed by atoms with Crippen molar-refractivity contribution in [2.45, 2.75) is 200 Å². The molecule has 3 aliphatic rings. The van der Waals surface area contributed by atoms with E-state index >= 15 is 4.79 Å². The maximum absolute atomic E-state index is 15.1. The lowest BCUT2D eigenvalue weighted by atomic mass is 9.85. The number of rotatable bonds is 18. The lowest BCUT2D eigenvalue weighted by molar-refractivity contribution is -0.146. The Balaban J connectivity index is 1.62. The second kappa shape index (κ2) is 32.9. The van der Waals surface area contributed by atoms with E-state index in [1.807, 2.05) is 64.1 Å². The van der Waals surface area contributed by atoms with Crippen molar-refractivity contribution in [2.24, 2.45) is 41.1 Å². The zero-order valence-electron chi connectivity index (χ0n) is 50.2. The number of Topliss-reactive ketones (excluding diaryl/α,β-unsaturated/α-hetero) is 1. The Kier molecular flexibility index (Phi) is 26.6. The van der Waals surface area contributed by atoms with E-state index in [9.17, 15) is 43.2 Å². The molecule has 0 aromatic heterocycles. The van der Waals surface area contributed by atoms with E-state index < -0.39 is 131 Å². The van der Waals surface area contributed by atoms with Gasteiger partial charge in [-0.25, -0.2) is 0 Å². The van der Waals surface area contributed by atoms with Gasteiger partial charge in [0.15, 0.2) is 5.78 Å². The summed E-state index contributed by atoms with van der Waals surface area (Å²) in [5, 5.41) is 20.2. The largest absolute Gasteiger partial charge is 0.344 e. The van der Waals surface area contributed by atoms with E-state index in [-0.39, 0.29) is 76.3 Å². The second-order valence-corrected chi connectivity index (χ2v) is 24.3. The van der Waals surface area contributed by atoms with E-state index in [0.717, 1.165) is 0 Å². The maximum Gasteiger partial charge on any atom is 0.246 e. The van der Waals surface area contributed by atoms with Crippen molar-refractivity contribution < 1.29 is 47.9 Å². The summed E-state index contributed by atoms with van der Waals surface area (Å²) in [5.41, 5.74) is 13.2. The molecule has 0 aliphatic carbocycles. The number of nitrogens with two attached hydrogens (primary N) is 2. The molecule has 5 rings (SSSR count). The Hall–Kier alpha value is -6.74. The number of carbonyl (C=O) groups excluding carboxylic acids is 10. The van der Waals surface area contributed by atoms with Crippen molar-refractivity contribution >= 4 is 58.9 Å². The third kappa shape index (κ3) is 19.7. The topological polar surface area (TPSA) is 313 Å². The van der Waals surface area contributed by atoms with Gasteiger partial charge >= 0.3 is 0 Å². The number of fused-ring (bicyclic) bond motifs is 2. The van der Waals surface area contributed by atoms with E-state index in [1.165, 1.54) is 9.80 Å². The number of benzene rings is 2. The zero-order chi connectivity index (χ0) is 60.9. The summed E-state index contributed by atoms with van der Waals surface area (Å²) in [7, 11) is 0. The highest BCUT2D eigenvalue weighted by Gasteiger charge is 2.45. The van der Waals surface area contributed by atoms with Crippen LogP contribution in [0.15, 0.2) is 60.7 Å². The second-order valence-electron chi connectivity index (χ2n) is 24.3. The molecule has 0 spiro atoms. The fraction of sp³-hybridized carbons (Fsp3) is 0.645. The predicted molar refractivity (Wildman–Crippen MR) is 316 cm³/mol. The summed E-state index contributed by atoms with van der Waals surface area (Å²) < 4.78 is 0. The van der Waals surface area contributed by atoms with Crippen LogP contribution in [0.4, 0.5) is 0 Å². The van der Waals surface area contributed by atoms with Gasteiger partial charge in [0, 0.05) is 25.9 Å². The van der Waals surface area contributed by atoms with Gasteiger partial charge in [-0.3, -0.25) is 47.9 Å². The summed E-state index contributed by atoms with van der Waals surface area (Å²) >= 11 is 0. The smallest absolute Gasteiger partial charge is 0.246 e. The lowest BCUT2D eigenvalue weighted by Gasteiger charge is -2.33. The van der Waals surface area contributed by atoms with Gasteiger partial charge in [-0.1, -0.05) is 116 Å². The van der Waals surface area contributed by atoms with Crippen molar-refractivity contribution in [2.75, 3.05) is 26.2 Å². The molecule has 83 heavy (non-hydrogen) atoms. The molecule has 3 saturated heterocycles. The Bertz CT molecular complexity index is 2510. The molecule has 9 amide bonds. The van der Waals surface area contributed by atoms with Gasteiger partial charge < -0.3 is 58.5 Å². The fourth-order valence-corrected chi connectivity index (χ4v) is 11.4. The minimum atomic E-state index is -1.33. The number of hydrogen-bond donors (Lipinski definition) is 9. The van der Waals surface area contributed by atoms with Crippen LogP contribution in [0.2, 0.25) is 0 Å². The zero-order valence-corrected chi connectivity index (χ0v) is 50.2. The van der Waals surface area contributed by atoms with Crippen molar-refractivity contribution in [3.63, 3.8) is 0 Å². The van der Waals surface area contributed by atoms with Crippen LogP contribution in [0, 0.1) is 29.6 Å². The number of unbranched alkanes of at least 4 members (excludes halogenated alkanes) is 2. The summed E-state index contributed by atoms with van der Waals surface area (Å²) in [6.07, 6.45) is 3.79. The Morgan fingerprint density at radius 1 is 0.434 bits per heavy atom. The Labute approximate surface area is 490 Å². The standard InChI is InChI=1S/C62H95N11O10/c1-37(2)33-45-57(78)70-48(36-42-23-13-10-14-24-42)62(83)73-32-20-28-50(73)58(79)71-52(40(7)8)60(81)66-44(26-16-18-30-64)55(76)68-46(34-38(3)4)56(77)69-47(35-41-21-11-9-12-22-41)61(82)72-31-19-27-49(72)53(74)51(39(5)6)59(80)65-43(54(75)67-45)25-15-17-29-63/h9-14,21-24,37-40,43-52H,15-20,25-36,63-64H2,1-8H3,(H,65,80)(H,66,81)(H,67,75)(H,68,76)(H,69,77)(H,70,78)(H,71,79)/t43-,44-,45-,46-,47+,48+,49-,50-,51-,52-/m0/s1. The molecule has 0 bridgehead atoms. The van der Waals surface area contributed by atoms with Crippen LogP contribution in [-0.2, 0) is 60.8 Å². The molecule has 3 fully saturated rings. The number of nitrogens with zero attached hydrogens (tertiary/aromatic N) is 2. The molecule has 0 unspecified atom stereocenters. The van der Waals surface area contributed by atoms with Gasteiger partial charge in [-0.2, -0.15) is 0 Å². The molecule has 458 valence electrons. The molecule has 0 saturated carbocycles. The molecule has 0 radical (unpaired) electrons. The van der Waals surface area contributed by atoms with E-state index in [1.54, 1.807) is 52.0 Å². The lowest BCUT2D eigenvalue weighted by Crippen LogP contribution is -2.61. The molecule has 3 heterocycles. The number of nitrogens with one attached hydrogen (secondary N) is 7. The number of amides is 9. The summed E-state index contributed by atoms with van der Waals surface area (Å²) in [6.45, 7) is 15.3. The van der Waals surface area contributed by atoms with Gasteiger partial charge in [0.25, 0.3) is 0 Å². The maximum atomic E-state index is 15.1. The number of carbonyl (C=O) groups is 10. The Morgan fingerprint density at radius 3 is 1.23 bits per heavy atom. The average molecular weight is 1150 g/mol. The third-order valence-corrected chi connectivity index (χ3v) is 15.8. The number of ketones is 1. The van der Waals surface area contributed by atoms with Gasteiger partial charge in [0.1, 0.15) is 54.3 Å². The van der Waals surface area contributed by atoms with Crippen molar-refractivity contribution in [1.29, 1.82) is 0 Å². The van der Waals surface area contributed by atoms with E-state index in [4.69, 9.17) is 11.5 Å². The quantitative estimate of drug-likeness (QED) is 0.0769. The van der Waals surface area contributed by atoms with Crippen LogP contribution in [0.1, 0.15) is 144 Å². The van der Waals surface area contributed by atoms with Crippen LogP contribution < -0.4 is 48.7 Å². The van der Waals surface area contributed by atoms with E-state index in [0.29, 0.717) is 62.7 Å². The van der Waals surface area contributed by atoms with Crippen LogP contribution in [0.5, 0.6) is 0 Å². The normalized spacial score (nSPS) is 26.3. The van der Waals surface area contributed by atoms with Crippen molar-refractivity contribution in [1.82, 2.24) is 47.0 Å². The van der Waals surface area contributed by atoms with Crippen LogP contribution >= 0.6 is 0 Å². The predicted octanol–water partition coefficient (Wildman–Crippen LogP) is 2.71. The van der Waals surface area contributed by atoms with Gasteiger partial charge in [-0.05, 0) is 125 Å². The molecule has 21 nitrogen and oxygen atoms in total. The van der Waals surface area contributed by atoms with Crippen molar-refractivity contribution in [3.05, 3.63) is 71.8 Å². The van der Waals surface area contributed by atoms with Crippen molar-refractivity contribution in [3.8, 4) is 0 Å². The van der Waals surface area contributed by atoms with Gasteiger partial charge in [0.2, 0.25) is 53.2 Å². The first-order chi connectivity index (χ1) is 39.5. The Morgan fingerprint density at radius 2 is 0.819 bits per heavy atom. The first-order valence-electron chi connectivity index (χ1n) is 30.3.